The van der Waals surface area contributed by atoms with Gasteiger partial charge in [0.2, 0.25) is 0 Å². The van der Waals surface area contributed by atoms with E-state index in [-0.39, 0.29) is 19.5 Å². The largest absolute Gasteiger partial charge is 0.480 e. The Kier molecular flexibility index (Phi) is 8.83. The third-order valence-corrected chi connectivity index (χ3v) is 8.42. The second-order valence-corrected chi connectivity index (χ2v) is 10.5. The molecule has 3 unspecified atom stereocenters. The van der Waals surface area contributed by atoms with Crippen LogP contribution in [0.2, 0.25) is 0 Å². The molecule has 0 saturated carbocycles. The summed E-state index contributed by atoms with van der Waals surface area (Å²) in [6.45, 7) is 0.0108. The second kappa shape index (κ2) is 12.0. The zero-order valence-electron chi connectivity index (χ0n) is 23.0. The Labute approximate surface area is 233 Å². The van der Waals surface area contributed by atoms with Crippen molar-refractivity contribution in [2.24, 2.45) is 16.6 Å². The summed E-state index contributed by atoms with van der Waals surface area (Å²) in [5.41, 5.74) is 2.95. The van der Waals surface area contributed by atoms with Crippen LogP contribution in [0.25, 0.3) is 0 Å². The van der Waals surface area contributed by atoms with Gasteiger partial charge in [0.25, 0.3) is 0 Å². The molecule has 0 amide bonds. The highest BCUT2D eigenvalue weighted by Gasteiger charge is 2.75. The van der Waals surface area contributed by atoms with Gasteiger partial charge in [-0.25, -0.2) is 0 Å². The smallest absolute Gasteiger partial charge is 0.320 e. The zero-order valence-corrected chi connectivity index (χ0v) is 23.0. The Morgan fingerprint density at radius 3 is 1.85 bits per heavy atom. The van der Waals surface area contributed by atoms with Crippen molar-refractivity contribution in [2.75, 3.05) is 40.9 Å². The van der Waals surface area contributed by atoms with Crippen LogP contribution in [-0.4, -0.2) is 101 Å². The predicted octanol–water partition coefficient (Wildman–Crippen LogP) is 0.782. The molecule has 2 aliphatic rings. The van der Waals surface area contributed by atoms with Gasteiger partial charge in [-0.3, -0.25) is 34.2 Å². The first kappa shape index (κ1) is 29.5. The van der Waals surface area contributed by atoms with Gasteiger partial charge in [0.05, 0.1) is 43.8 Å². The number of unbranched alkanes of at least 4 members (excludes halogenated alkanes) is 1. The maximum Gasteiger partial charge on any atom is 0.320 e. The van der Waals surface area contributed by atoms with Crippen LogP contribution in [0.4, 0.5) is 0 Å². The average Bonchev–Trinajstić information content (AvgIpc) is 2.96. The number of carbonyl (C=O) groups is 3. The van der Waals surface area contributed by atoms with Crippen molar-refractivity contribution in [3.05, 3.63) is 60.2 Å². The van der Waals surface area contributed by atoms with Gasteiger partial charge >= 0.3 is 17.9 Å². The van der Waals surface area contributed by atoms with Crippen LogP contribution in [-0.2, 0) is 23.9 Å². The summed E-state index contributed by atoms with van der Waals surface area (Å²) in [6, 6.07) is 7.55. The molecule has 2 bridgehead atoms. The molecule has 216 valence electrons. The average molecular weight is 556 g/mol. The van der Waals surface area contributed by atoms with E-state index in [0.717, 1.165) is 0 Å². The quantitative estimate of drug-likeness (QED) is 0.279. The van der Waals surface area contributed by atoms with Gasteiger partial charge in [-0.05, 0) is 50.7 Å². The number of fused-ring (bicyclic) bond motifs is 2. The highest BCUT2D eigenvalue weighted by Crippen LogP contribution is 2.62. The number of methoxy groups -OCH3 is 2. The number of esters is 2. The van der Waals surface area contributed by atoms with Gasteiger partial charge in [-0.2, -0.15) is 0 Å². The summed E-state index contributed by atoms with van der Waals surface area (Å²) in [4.78, 5) is 53.0. The van der Waals surface area contributed by atoms with Crippen molar-refractivity contribution in [3.8, 4) is 0 Å². The summed E-state index contributed by atoms with van der Waals surface area (Å²) in [7, 11) is 4.16. The summed E-state index contributed by atoms with van der Waals surface area (Å²) in [6.07, 6.45) is 2.88. The third kappa shape index (κ3) is 4.64. The number of aliphatic hydroxyl groups excluding tert-OH is 1. The molecule has 2 saturated heterocycles. The number of hydrogen-bond acceptors (Lipinski definition) is 11. The van der Waals surface area contributed by atoms with E-state index in [9.17, 15) is 24.6 Å². The van der Waals surface area contributed by atoms with Gasteiger partial charge in [0.15, 0.2) is 0 Å². The molecular weight excluding hydrogens is 518 g/mol. The molecule has 0 radical (unpaired) electrons. The van der Waals surface area contributed by atoms with E-state index in [0.29, 0.717) is 30.8 Å². The Balaban J connectivity index is 2.04. The molecule has 2 aromatic heterocycles. The topological polar surface area (TPSA) is 168 Å². The minimum atomic E-state index is -1.81. The lowest BCUT2D eigenvalue weighted by molar-refractivity contribution is -0.253. The number of nitrogens with two attached hydrogens (primary N) is 1. The second-order valence-electron chi connectivity index (χ2n) is 10.5. The van der Waals surface area contributed by atoms with Gasteiger partial charge in [-0.1, -0.05) is 18.6 Å². The normalized spacial score (nSPS) is 29.4. The van der Waals surface area contributed by atoms with Crippen molar-refractivity contribution in [1.82, 2.24) is 19.8 Å². The maximum atomic E-state index is 13.9. The number of likely N-dealkylation sites (tertiary alicyclic amines) is 2. The van der Waals surface area contributed by atoms with E-state index < -0.39 is 53.0 Å². The number of aliphatic carboxylic acids is 1. The number of pyridine rings is 2. The molecule has 2 fully saturated rings. The van der Waals surface area contributed by atoms with Crippen molar-refractivity contribution < 1.29 is 34.1 Å². The van der Waals surface area contributed by atoms with Gasteiger partial charge < -0.3 is 25.4 Å². The zero-order chi connectivity index (χ0) is 29.1. The molecule has 2 aliphatic heterocycles. The molecule has 2 aromatic rings. The lowest BCUT2D eigenvalue weighted by Gasteiger charge is -2.64. The minimum Gasteiger partial charge on any atom is -0.480 e. The number of aliphatic hydroxyl groups is 1. The van der Waals surface area contributed by atoms with Crippen LogP contribution in [0.1, 0.15) is 42.7 Å². The number of nitrogens with zero attached hydrogens (tertiary/aromatic N) is 4. The molecule has 12 heteroatoms. The van der Waals surface area contributed by atoms with Crippen LogP contribution < -0.4 is 5.73 Å². The number of carboxylic acids is 1. The number of carboxylic acid groups (broad SMARTS) is 1. The number of piperidine rings is 2. The summed E-state index contributed by atoms with van der Waals surface area (Å²) in [5.74, 6) is -2.68. The predicted molar refractivity (Wildman–Crippen MR) is 143 cm³/mol. The highest BCUT2D eigenvalue weighted by molar-refractivity contribution is 5.86. The molecule has 4 N–H and O–H groups in total. The molecule has 4 rings (SSSR count). The van der Waals surface area contributed by atoms with Crippen molar-refractivity contribution >= 4 is 17.9 Å². The van der Waals surface area contributed by atoms with E-state index >= 15 is 0 Å². The summed E-state index contributed by atoms with van der Waals surface area (Å²) < 4.78 is 10.6. The highest BCUT2D eigenvalue weighted by atomic mass is 16.5. The van der Waals surface area contributed by atoms with E-state index in [4.69, 9.17) is 15.2 Å². The summed E-state index contributed by atoms with van der Waals surface area (Å²) in [5, 5.41) is 22.7. The minimum absolute atomic E-state index is 0.195. The maximum absolute atomic E-state index is 13.9. The van der Waals surface area contributed by atoms with Crippen molar-refractivity contribution in [3.63, 3.8) is 0 Å². The third-order valence-electron chi connectivity index (χ3n) is 8.42. The SMILES string of the molecule is COC(=O)C12CN([C@@H](CCCCN)C(=O)O)CC(C(=O)OC)(C1O)[C@@H](c1ccccn1)N(C)[C@H]2c1ccccn1. The van der Waals surface area contributed by atoms with Gasteiger partial charge in [-0.15, -0.1) is 0 Å². The number of aromatic nitrogens is 2. The Hall–Kier alpha value is -3.45. The molecule has 6 atom stereocenters. The van der Waals surface area contributed by atoms with Crippen LogP contribution in [0.15, 0.2) is 48.8 Å². The Morgan fingerprint density at radius 2 is 1.48 bits per heavy atom. The van der Waals surface area contributed by atoms with Crippen LogP contribution in [0.3, 0.4) is 0 Å². The number of carbonyl (C=O) groups excluding carboxylic acids is 2. The van der Waals surface area contributed by atoms with Crippen molar-refractivity contribution in [2.45, 2.75) is 43.5 Å². The van der Waals surface area contributed by atoms with Crippen LogP contribution in [0.5, 0.6) is 0 Å². The molecule has 12 nitrogen and oxygen atoms in total. The van der Waals surface area contributed by atoms with Crippen LogP contribution in [0, 0.1) is 10.8 Å². The van der Waals surface area contributed by atoms with E-state index in [1.165, 1.54) is 14.2 Å². The molecule has 0 aliphatic carbocycles. The first-order valence-corrected chi connectivity index (χ1v) is 13.3. The fourth-order valence-electron chi connectivity index (χ4n) is 6.85. The molecule has 40 heavy (non-hydrogen) atoms. The number of ether oxygens (including phenoxy) is 2. The van der Waals surface area contributed by atoms with E-state index in [2.05, 4.69) is 9.97 Å². The standard InChI is InChI=1S/C28H37N5O7/c1-32-21(18-10-5-8-14-30-18)27(25(37)39-2)16-33(20(23(34)35)12-4-7-13-29)17-28(24(27)36,26(38)40-3)22(32)19-11-6-9-15-31-19/h5-6,8-11,14-15,20-22,24,36H,4,7,12-13,16-17,29H2,1-3H3,(H,34,35)/t20-,21-,22+,24?,27?,28?/m0/s1. The lowest BCUT2D eigenvalue weighted by Crippen LogP contribution is -2.78. The molecule has 0 aromatic carbocycles. The molecular formula is C28H37N5O7. The lowest BCUT2D eigenvalue weighted by atomic mass is 9.53. The first-order valence-electron chi connectivity index (χ1n) is 13.3. The monoisotopic (exact) mass is 555 g/mol. The molecule has 4 heterocycles. The van der Waals surface area contributed by atoms with E-state index in [1.807, 2.05) is 4.90 Å². The summed E-state index contributed by atoms with van der Waals surface area (Å²) >= 11 is 0. The van der Waals surface area contributed by atoms with Gasteiger partial charge in [0.1, 0.15) is 16.9 Å². The first-order chi connectivity index (χ1) is 19.2. The van der Waals surface area contributed by atoms with Gasteiger partial charge in [0, 0.05) is 25.5 Å². The number of hydrogen-bond donors (Lipinski definition) is 3. The Morgan fingerprint density at radius 1 is 0.975 bits per heavy atom. The number of rotatable bonds is 10. The van der Waals surface area contributed by atoms with E-state index in [1.54, 1.807) is 60.7 Å². The Bertz CT molecular complexity index is 1120. The van der Waals surface area contributed by atoms with Crippen LogP contribution >= 0.6 is 0 Å². The fraction of sp³-hybridized carbons (Fsp3) is 0.536. The van der Waals surface area contributed by atoms with Crippen molar-refractivity contribution in [1.29, 1.82) is 0 Å². The fourth-order valence-corrected chi connectivity index (χ4v) is 6.85. The molecule has 0 spiro atoms.